The van der Waals surface area contributed by atoms with Gasteiger partial charge in [-0.25, -0.2) is 8.78 Å². The van der Waals surface area contributed by atoms with Crippen molar-refractivity contribution in [3.8, 4) is 0 Å². The molecule has 0 amide bonds. The largest absolute Gasteiger partial charge is 0.204 e. The number of hydrogen-bond donors (Lipinski definition) is 0. The topological polar surface area (TPSA) is 0 Å². The van der Waals surface area contributed by atoms with Crippen molar-refractivity contribution in [3.05, 3.63) is 34.9 Å². The monoisotopic (exact) mass is 190 g/mol. The van der Waals surface area contributed by atoms with Crippen molar-refractivity contribution in [1.82, 2.24) is 0 Å². The van der Waals surface area contributed by atoms with Crippen molar-refractivity contribution in [3.63, 3.8) is 0 Å². The van der Waals surface area contributed by atoms with E-state index in [-0.39, 0.29) is 0 Å². The molecule has 0 fully saturated rings. The van der Waals surface area contributed by atoms with Gasteiger partial charge in [0.25, 0.3) is 0 Å². The highest BCUT2D eigenvalue weighted by Gasteiger charge is 2.08. The summed E-state index contributed by atoms with van der Waals surface area (Å²) in [5.74, 6) is -1.14. The van der Waals surface area contributed by atoms with Crippen LogP contribution in [0.5, 0.6) is 0 Å². The van der Waals surface area contributed by atoms with Crippen molar-refractivity contribution in [2.75, 3.05) is 5.88 Å². The zero-order valence-corrected chi connectivity index (χ0v) is 7.46. The summed E-state index contributed by atoms with van der Waals surface area (Å²) in [5, 5.41) is 0. The van der Waals surface area contributed by atoms with Crippen LogP contribution in [-0.4, -0.2) is 5.88 Å². The first-order valence-corrected chi connectivity index (χ1v) is 4.19. The molecule has 0 aliphatic carbocycles. The number of halogens is 3. The van der Waals surface area contributed by atoms with E-state index in [2.05, 4.69) is 0 Å². The molecule has 0 atom stereocenters. The lowest BCUT2D eigenvalue weighted by molar-refractivity contribution is 0.501. The molecule has 1 rings (SSSR count). The van der Waals surface area contributed by atoms with Crippen LogP contribution >= 0.6 is 11.6 Å². The van der Waals surface area contributed by atoms with Gasteiger partial charge in [0.05, 0.1) is 0 Å². The van der Waals surface area contributed by atoms with Gasteiger partial charge in [-0.1, -0.05) is 6.07 Å². The number of benzene rings is 1. The molecule has 0 radical (unpaired) electrons. The molecular formula is C9H9ClF2. The Labute approximate surface area is 75.2 Å². The van der Waals surface area contributed by atoms with E-state index in [9.17, 15) is 8.78 Å². The fraction of sp³-hybridized carbons (Fsp3) is 0.333. The van der Waals surface area contributed by atoms with Crippen LogP contribution in [0, 0.1) is 18.6 Å². The molecular weight excluding hydrogens is 182 g/mol. The Balaban J connectivity index is 3.08. The lowest BCUT2D eigenvalue weighted by Gasteiger charge is -2.04. The third-order valence-corrected chi connectivity index (χ3v) is 2.00. The van der Waals surface area contributed by atoms with Gasteiger partial charge in [0, 0.05) is 5.88 Å². The van der Waals surface area contributed by atoms with Gasteiger partial charge in [-0.3, -0.25) is 0 Å². The van der Waals surface area contributed by atoms with Crippen LogP contribution < -0.4 is 0 Å². The second kappa shape index (κ2) is 3.85. The first-order chi connectivity index (χ1) is 5.66. The molecule has 3 heteroatoms. The molecule has 0 N–H and O–H groups in total. The van der Waals surface area contributed by atoms with Crippen molar-refractivity contribution in [2.45, 2.75) is 13.3 Å². The molecule has 12 heavy (non-hydrogen) atoms. The summed E-state index contributed by atoms with van der Waals surface area (Å²) in [7, 11) is 0. The van der Waals surface area contributed by atoms with E-state index in [1.807, 2.05) is 0 Å². The lowest BCUT2D eigenvalue weighted by Crippen LogP contribution is -1.96. The third-order valence-electron chi connectivity index (χ3n) is 1.82. The highest BCUT2D eigenvalue weighted by molar-refractivity contribution is 6.18. The minimum atomic E-state index is -0.800. The van der Waals surface area contributed by atoms with Gasteiger partial charge >= 0.3 is 0 Å². The van der Waals surface area contributed by atoms with Gasteiger partial charge < -0.3 is 0 Å². The summed E-state index contributed by atoms with van der Waals surface area (Å²) in [4.78, 5) is 0. The summed E-state index contributed by atoms with van der Waals surface area (Å²) in [6, 6.07) is 2.69. The Morgan fingerprint density at radius 2 is 2.00 bits per heavy atom. The number of rotatable bonds is 2. The third kappa shape index (κ3) is 1.75. The molecule has 0 aliphatic heterocycles. The van der Waals surface area contributed by atoms with Gasteiger partial charge in [0.15, 0.2) is 11.6 Å². The van der Waals surface area contributed by atoms with Crippen LogP contribution in [0.3, 0.4) is 0 Å². The predicted octanol–water partition coefficient (Wildman–Crippen LogP) is 3.05. The molecule has 1 aromatic rings. The van der Waals surface area contributed by atoms with E-state index in [1.54, 1.807) is 13.0 Å². The molecule has 0 saturated carbocycles. The first kappa shape index (κ1) is 9.46. The van der Waals surface area contributed by atoms with Crippen LogP contribution in [0.15, 0.2) is 12.1 Å². The normalized spacial score (nSPS) is 10.3. The van der Waals surface area contributed by atoms with Crippen LogP contribution in [0.1, 0.15) is 11.1 Å². The molecule has 0 bridgehead atoms. The van der Waals surface area contributed by atoms with E-state index in [0.29, 0.717) is 17.9 Å². The van der Waals surface area contributed by atoms with Crippen LogP contribution in [-0.2, 0) is 6.42 Å². The maximum Gasteiger partial charge on any atom is 0.161 e. The molecule has 1 aromatic carbocycles. The zero-order chi connectivity index (χ0) is 9.14. The number of alkyl halides is 1. The molecule has 0 unspecified atom stereocenters. The van der Waals surface area contributed by atoms with E-state index in [1.165, 1.54) is 0 Å². The fourth-order valence-electron chi connectivity index (χ4n) is 1.06. The van der Waals surface area contributed by atoms with E-state index < -0.39 is 11.6 Å². The van der Waals surface area contributed by atoms with Crippen LogP contribution in [0.2, 0.25) is 0 Å². The second-order valence-electron chi connectivity index (χ2n) is 2.58. The molecule has 0 spiro atoms. The molecule has 0 saturated heterocycles. The van der Waals surface area contributed by atoms with Gasteiger partial charge in [-0.15, -0.1) is 11.6 Å². The van der Waals surface area contributed by atoms with Crippen molar-refractivity contribution in [1.29, 1.82) is 0 Å². The second-order valence-corrected chi connectivity index (χ2v) is 2.96. The zero-order valence-electron chi connectivity index (χ0n) is 6.70. The Kier molecular flexibility index (Phi) is 3.04. The number of aryl methyl sites for hydroxylation is 1. The highest BCUT2D eigenvalue weighted by atomic mass is 35.5. The van der Waals surface area contributed by atoms with Crippen molar-refractivity contribution >= 4 is 11.6 Å². The van der Waals surface area contributed by atoms with Gasteiger partial charge in [-0.05, 0) is 30.5 Å². The van der Waals surface area contributed by atoms with Crippen molar-refractivity contribution in [2.24, 2.45) is 0 Å². The maximum atomic E-state index is 12.9. The Hall–Kier alpha value is -0.630. The quantitative estimate of drug-likeness (QED) is 0.629. The lowest BCUT2D eigenvalue weighted by atomic mass is 10.1. The standard InChI is InChI=1S/C9H9ClF2/c1-6-7(4-5-10)2-3-8(11)9(6)12/h2-3H,4-5H2,1H3. The minimum Gasteiger partial charge on any atom is -0.204 e. The molecule has 66 valence electrons. The number of hydrogen-bond acceptors (Lipinski definition) is 0. The fourth-order valence-corrected chi connectivity index (χ4v) is 1.27. The average molecular weight is 191 g/mol. The van der Waals surface area contributed by atoms with Crippen molar-refractivity contribution < 1.29 is 8.78 Å². The summed E-state index contributed by atoms with van der Waals surface area (Å²) >= 11 is 5.48. The first-order valence-electron chi connectivity index (χ1n) is 3.66. The van der Waals surface area contributed by atoms with E-state index >= 15 is 0 Å². The Morgan fingerprint density at radius 3 is 2.58 bits per heavy atom. The SMILES string of the molecule is Cc1c(CCCl)ccc(F)c1F. The van der Waals surface area contributed by atoms with E-state index in [4.69, 9.17) is 11.6 Å². The van der Waals surface area contributed by atoms with Gasteiger partial charge in [0.1, 0.15) is 0 Å². The molecule has 0 aromatic heterocycles. The van der Waals surface area contributed by atoms with Gasteiger partial charge in [0.2, 0.25) is 0 Å². The summed E-state index contributed by atoms with van der Waals surface area (Å²) in [6.45, 7) is 1.56. The molecule has 0 nitrogen and oxygen atoms in total. The Bertz CT molecular complexity index is 284. The summed E-state index contributed by atoms with van der Waals surface area (Å²) in [5.41, 5.74) is 1.12. The van der Waals surface area contributed by atoms with Crippen LogP contribution in [0.4, 0.5) is 8.78 Å². The molecule has 0 aliphatic rings. The maximum absolute atomic E-state index is 12.9. The average Bonchev–Trinajstić information content (AvgIpc) is 2.07. The molecule has 0 heterocycles. The highest BCUT2D eigenvalue weighted by Crippen LogP contribution is 2.16. The van der Waals surface area contributed by atoms with Gasteiger partial charge in [-0.2, -0.15) is 0 Å². The predicted molar refractivity (Wildman–Crippen MR) is 45.5 cm³/mol. The Morgan fingerprint density at radius 1 is 1.33 bits per heavy atom. The smallest absolute Gasteiger partial charge is 0.161 e. The minimum absolute atomic E-state index is 0.357. The summed E-state index contributed by atoms with van der Waals surface area (Å²) < 4.78 is 25.5. The summed E-state index contributed by atoms with van der Waals surface area (Å²) in [6.07, 6.45) is 0.574. The van der Waals surface area contributed by atoms with E-state index in [0.717, 1.165) is 11.6 Å². The van der Waals surface area contributed by atoms with Crippen LogP contribution in [0.25, 0.3) is 0 Å².